The Morgan fingerprint density at radius 1 is 1.38 bits per heavy atom. The first-order valence-corrected chi connectivity index (χ1v) is 4.05. The summed E-state index contributed by atoms with van der Waals surface area (Å²) in [5.41, 5.74) is 0.0532. The van der Waals surface area contributed by atoms with E-state index in [0.717, 1.165) is 0 Å². The molecular weight excluding hydrogens is 176 g/mol. The molecule has 13 heavy (non-hydrogen) atoms. The van der Waals surface area contributed by atoms with Crippen LogP contribution in [0.3, 0.4) is 0 Å². The van der Waals surface area contributed by atoms with Crippen LogP contribution in [0.5, 0.6) is 5.75 Å². The zero-order chi connectivity index (χ0) is 9.47. The molecule has 1 aliphatic rings. The van der Waals surface area contributed by atoms with Crippen molar-refractivity contribution in [2.24, 2.45) is 0 Å². The minimum atomic E-state index is -2.91. The van der Waals surface area contributed by atoms with Crippen molar-refractivity contribution in [3.8, 4) is 5.75 Å². The number of phenols is 1. The lowest BCUT2D eigenvalue weighted by atomic mass is 9.98. The van der Waals surface area contributed by atoms with E-state index in [4.69, 9.17) is 0 Å². The lowest BCUT2D eigenvalue weighted by Crippen LogP contribution is -2.25. The van der Waals surface area contributed by atoms with Crippen LogP contribution in [0, 0.1) is 0 Å². The molecule has 70 valence electrons. The first-order valence-electron chi connectivity index (χ1n) is 4.05. The zero-order valence-corrected chi connectivity index (χ0v) is 6.85. The van der Waals surface area contributed by atoms with Crippen LogP contribution >= 0.6 is 0 Å². The second-order valence-electron chi connectivity index (χ2n) is 3.08. The van der Waals surface area contributed by atoms with Gasteiger partial charge in [-0.3, -0.25) is 0 Å². The zero-order valence-electron chi connectivity index (χ0n) is 6.85. The molecule has 0 saturated carbocycles. The third kappa shape index (κ3) is 1.22. The van der Waals surface area contributed by atoms with Gasteiger partial charge in [-0.25, -0.2) is 8.78 Å². The second kappa shape index (κ2) is 2.58. The van der Waals surface area contributed by atoms with Crippen molar-refractivity contribution in [1.29, 1.82) is 0 Å². The number of nitrogens with one attached hydrogen (secondary N) is 1. The van der Waals surface area contributed by atoms with Crippen LogP contribution in [0.4, 0.5) is 14.5 Å². The monoisotopic (exact) mass is 185 g/mol. The molecular formula is C9H9F2NO. The third-order valence-corrected chi connectivity index (χ3v) is 2.16. The number of halogens is 2. The van der Waals surface area contributed by atoms with E-state index in [1.807, 2.05) is 0 Å². The van der Waals surface area contributed by atoms with Gasteiger partial charge in [-0.05, 0) is 12.1 Å². The number of phenolic OH excluding ortho intramolecular Hbond substituents is 1. The van der Waals surface area contributed by atoms with Gasteiger partial charge in [0.05, 0.1) is 5.56 Å². The van der Waals surface area contributed by atoms with Crippen molar-refractivity contribution in [1.82, 2.24) is 0 Å². The van der Waals surface area contributed by atoms with Crippen LogP contribution in [0.1, 0.15) is 12.0 Å². The van der Waals surface area contributed by atoms with Crippen LogP contribution in [0.15, 0.2) is 18.2 Å². The summed E-state index contributed by atoms with van der Waals surface area (Å²) in [6.07, 6.45) is -0.266. The van der Waals surface area contributed by atoms with Crippen molar-refractivity contribution in [3.63, 3.8) is 0 Å². The average molecular weight is 185 g/mol. The molecule has 2 N–H and O–H groups in total. The molecule has 0 aliphatic carbocycles. The minimum absolute atomic E-state index is 0.240. The fourth-order valence-electron chi connectivity index (χ4n) is 1.55. The lowest BCUT2D eigenvalue weighted by molar-refractivity contribution is -0.0142. The Balaban J connectivity index is 2.61. The van der Waals surface area contributed by atoms with Crippen LogP contribution < -0.4 is 5.32 Å². The maximum atomic E-state index is 13.3. The highest BCUT2D eigenvalue weighted by Crippen LogP contribution is 2.44. The van der Waals surface area contributed by atoms with Crippen molar-refractivity contribution < 1.29 is 13.9 Å². The van der Waals surface area contributed by atoms with E-state index in [1.54, 1.807) is 12.1 Å². The Morgan fingerprint density at radius 3 is 2.85 bits per heavy atom. The number of hydrogen-bond acceptors (Lipinski definition) is 2. The third-order valence-electron chi connectivity index (χ3n) is 2.16. The van der Waals surface area contributed by atoms with Gasteiger partial charge in [0.25, 0.3) is 5.92 Å². The molecule has 1 aromatic rings. The van der Waals surface area contributed by atoms with Crippen LogP contribution in [-0.4, -0.2) is 11.7 Å². The molecule has 0 saturated heterocycles. The van der Waals surface area contributed by atoms with E-state index in [9.17, 15) is 13.9 Å². The Labute approximate surface area is 74.2 Å². The topological polar surface area (TPSA) is 32.3 Å². The van der Waals surface area contributed by atoms with Gasteiger partial charge in [0.2, 0.25) is 0 Å². The molecule has 1 aromatic carbocycles. The van der Waals surface area contributed by atoms with E-state index >= 15 is 0 Å². The smallest absolute Gasteiger partial charge is 0.280 e. The summed E-state index contributed by atoms with van der Waals surface area (Å²) in [5, 5.41) is 12.1. The molecule has 0 fully saturated rings. The lowest BCUT2D eigenvalue weighted by Gasteiger charge is -2.26. The fourth-order valence-corrected chi connectivity index (χ4v) is 1.55. The number of benzene rings is 1. The molecule has 0 atom stereocenters. The summed E-state index contributed by atoms with van der Waals surface area (Å²) in [7, 11) is 0. The second-order valence-corrected chi connectivity index (χ2v) is 3.08. The minimum Gasteiger partial charge on any atom is -0.507 e. The summed E-state index contributed by atoms with van der Waals surface area (Å²) in [4.78, 5) is 0. The number of alkyl halides is 2. The Bertz CT molecular complexity index is 338. The molecule has 0 bridgehead atoms. The van der Waals surface area contributed by atoms with Gasteiger partial charge < -0.3 is 10.4 Å². The van der Waals surface area contributed by atoms with Crippen LogP contribution in [0.25, 0.3) is 0 Å². The van der Waals surface area contributed by atoms with Gasteiger partial charge in [0.15, 0.2) is 0 Å². The molecule has 0 radical (unpaired) electrons. The molecule has 2 nitrogen and oxygen atoms in total. The number of hydrogen-bond donors (Lipinski definition) is 2. The Hall–Kier alpha value is -1.32. The van der Waals surface area contributed by atoms with E-state index in [2.05, 4.69) is 5.32 Å². The quantitative estimate of drug-likeness (QED) is 0.650. The Morgan fingerprint density at radius 2 is 2.15 bits per heavy atom. The van der Waals surface area contributed by atoms with E-state index in [1.165, 1.54) is 6.07 Å². The maximum Gasteiger partial charge on any atom is 0.280 e. The normalized spacial score (nSPS) is 18.9. The highest BCUT2D eigenvalue weighted by molar-refractivity contribution is 5.60. The van der Waals surface area contributed by atoms with Crippen LogP contribution in [0.2, 0.25) is 0 Å². The largest absolute Gasteiger partial charge is 0.507 e. The summed E-state index contributed by atoms with van der Waals surface area (Å²) in [5.74, 6) is -3.25. The summed E-state index contributed by atoms with van der Waals surface area (Å²) in [6.45, 7) is 0.240. The molecule has 2 rings (SSSR count). The Kier molecular flexibility index (Phi) is 1.65. The summed E-state index contributed by atoms with van der Waals surface area (Å²) < 4.78 is 26.5. The fraction of sp³-hybridized carbons (Fsp3) is 0.333. The van der Waals surface area contributed by atoms with Crippen molar-refractivity contribution >= 4 is 5.69 Å². The van der Waals surface area contributed by atoms with Gasteiger partial charge in [-0.15, -0.1) is 0 Å². The van der Waals surface area contributed by atoms with E-state index < -0.39 is 5.92 Å². The highest BCUT2D eigenvalue weighted by atomic mass is 19.3. The number of aromatic hydroxyl groups is 1. The molecule has 4 heteroatoms. The van der Waals surface area contributed by atoms with Gasteiger partial charge in [0.1, 0.15) is 5.75 Å². The van der Waals surface area contributed by atoms with Crippen molar-refractivity contribution in [2.75, 3.05) is 11.9 Å². The number of fused-ring (bicyclic) bond motifs is 1. The number of rotatable bonds is 0. The highest BCUT2D eigenvalue weighted by Gasteiger charge is 2.39. The first kappa shape index (κ1) is 8.29. The van der Waals surface area contributed by atoms with Crippen molar-refractivity contribution in [2.45, 2.75) is 12.3 Å². The summed E-state index contributed by atoms with van der Waals surface area (Å²) >= 11 is 0. The molecule has 0 spiro atoms. The van der Waals surface area contributed by atoms with Gasteiger partial charge in [-0.1, -0.05) is 6.07 Å². The SMILES string of the molecule is Oc1cccc2c1C(F)(F)CCN2. The first-order chi connectivity index (χ1) is 6.11. The number of anilines is 1. The van der Waals surface area contributed by atoms with Crippen molar-refractivity contribution in [3.05, 3.63) is 23.8 Å². The maximum absolute atomic E-state index is 13.3. The molecule has 0 aromatic heterocycles. The van der Waals surface area contributed by atoms with Gasteiger partial charge in [0, 0.05) is 18.7 Å². The molecule has 0 unspecified atom stereocenters. The van der Waals surface area contributed by atoms with Gasteiger partial charge in [-0.2, -0.15) is 0 Å². The molecule has 1 aliphatic heterocycles. The predicted octanol–water partition coefficient (Wildman–Crippen LogP) is 2.30. The van der Waals surface area contributed by atoms with Gasteiger partial charge >= 0.3 is 0 Å². The standard InChI is InChI=1S/C9H9F2NO/c10-9(11)4-5-12-6-2-1-3-7(13)8(6)9/h1-3,12-13H,4-5H2. The van der Waals surface area contributed by atoms with E-state index in [0.29, 0.717) is 5.69 Å². The average Bonchev–Trinajstić information content (AvgIpc) is 2.02. The predicted molar refractivity (Wildman–Crippen MR) is 45.1 cm³/mol. The molecule has 0 amide bonds. The summed E-state index contributed by atoms with van der Waals surface area (Å²) in [6, 6.07) is 4.37. The van der Waals surface area contributed by atoms with E-state index in [-0.39, 0.29) is 24.3 Å². The van der Waals surface area contributed by atoms with Crippen LogP contribution in [-0.2, 0) is 5.92 Å². The molecule has 1 heterocycles.